The Morgan fingerprint density at radius 2 is 2.00 bits per heavy atom. The zero-order chi connectivity index (χ0) is 14.7. The van der Waals surface area contributed by atoms with Crippen LogP contribution in [0.15, 0.2) is 42.7 Å². The molecule has 0 saturated heterocycles. The van der Waals surface area contributed by atoms with E-state index in [-0.39, 0.29) is 0 Å². The molecule has 2 aromatic heterocycles. The molecule has 108 valence electrons. The summed E-state index contributed by atoms with van der Waals surface area (Å²) in [6, 6.07) is 10.1. The second kappa shape index (κ2) is 5.83. The maximum atomic E-state index is 5.15. The lowest BCUT2D eigenvalue weighted by Gasteiger charge is -2.06. The van der Waals surface area contributed by atoms with Crippen LogP contribution in [0.25, 0.3) is 11.0 Å². The zero-order valence-electron chi connectivity index (χ0n) is 12.2. The van der Waals surface area contributed by atoms with Crippen LogP contribution >= 0.6 is 0 Å². The zero-order valence-corrected chi connectivity index (χ0v) is 12.2. The van der Waals surface area contributed by atoms with Crippen molar-refractivity contribution in [3.63, 3.8) is 0 Å². The minimum Gasteiger partial charge on any atom is -0.497 e. The van der Waals surface area contributed by atoms with Crippen LogP contribution in [-0.2, 0) is 13.5 Å². The number of anilines is 1. The third-order valence-corrected chi connectivity index (χ3v) is 3.46. The molecular weight excluding hydrogens is 264 g/mol. The molecule has 0 aliphatic rings. The Hall–Kier alpha value is -2.56. The van der Waals surface area contributed by atoms with Gasteiger partial charge in [-0.1, -0.05) is 12.1 Å². The molecule has 2 heterocycles. The van der Waals surface area contributed by atoms with Crippen molar-refractivity contribution in [1.29, 1.82) is 0 Å². The fourth-order valence-corrected chi connectivity index (χ4v) is 2.24. The van der Waals surface area contributed by atoms with Crippen LogP contribution in [0.3, 0.4) is 0 Å². The monoisotopic (exact) mass is 282 g/mol. The Balaban J connectivity index is 1.61. The molecule has 0 atom stereocenters. The van der Waals surface area contributed by atoms with Crippen molar-refractivity contribution in [2.45, 2.75) is 6.42 Å². The van der Waals surface area contributed by atoms with E-state index in [1.807, 2.05) is 42.2 Å². The van der Waals surface area contributed by atoms with Crippen LogP contribution in [-0.4, -0.2) is 28.2 Å². The summed E-state index contributed by atoms with van der Waals surface area (Å²) in [5.74, 6) is 1.54. The molecule has 1 aromatic carbocycles. The number of nitrogens with zero attached hydrogens (tertiary/aromatic N) is 3. The molecule has 0 fully saturated rings. The van der Waals surface area contributed by atoms with Crippen LogP contribution in [0.4, 0.5) is 5.95 Å². The standard InChI is InChI=1S/C16H18N4O/c1-20-10-8-13-11-18-16(19-15(13)20)17-9-7-12-3-5-14(21-2)6-4-12/h3-6,8,10-11H,7,9H2,1-2H3,(H,17,18,19). The Morgan fingerprint density at radius 1 is 1.19 bits per heavy atom. The van der Waals surface area contributed by atoms with Gasteiger partial charge >= 0.3 is 0 Å². The molecule has 3 aromatic rings. The van der Waals surface area contributed by atoms with Gasteiger partial charge in [-0.15, -0.1) is 0 Å². The minimum absolute atomic E-state index is 0.665. The number of hydrogen-bond acceptors (Lipinski definition) is 4. The van der Waals surface area contributed by atoms with Gasteiger partial charge in [-0.3, -0.25) is 0 Å². The van der Waals surface area contributed by atoms with Crippen molar-refractivity contribution in [3.05, 3.63) is 48.3 Å². The summed E-state index contributed by atoms with van der Waals surface area (Å²) < 4.78 is 7.14. The van der Waals surface area contributed by atoms with Gasteiger partial charge in [0.05, 0.1) is 7.11 Å². The van der Waals surface area contributed by atoms with Crippen LogP contribution < -0.4 is 10.1 Å². The summed E-state index contributed by atoms with van der Waals surface area (Å²) in [6.07, 6.45) is 4.75. The molecule has 0 radical (unpaired) electrons. The molecule has 0 spiro atoms. The Bertz CT molecular complexity index is 734. The maximum absolute atomic E-state index is 5.15. The predicted octanol–water partition coefficient (Wildman–Crippen LogP) is 2.63. The first-order chi connectivity index (χ1) is 10.3. The van der Waals surface area contributed by atoms with Crippen molar-refractivity contribution < 1.29 is 4.74 Å². The van der Waals surface area contributed by atoms with Crippen molar-refractivity contribution >= 4 is 17.0 Å². The number of aromatic nitrogens is 3. The molecule has 5 nitrogen and oxygen atoms in total. The van der Waals surface area contributed by atoms with Crippen LogP contribution in [0.1, 0.15) is 5.56 Å². The number of nitrogens with one attached hydrogen (secondary N) is 1. The smallest absolute Gasteiger partial charge is 0.224 e. The minimum atomic E-state index is 0.665. The molecule has 0 saturated carbocycles. The number of methoxy groups -OCH3 is 1. The highest BCUT2D eigenvalue weighted by Gasteiger charge is 2.02. The summed E-state index contributed by atoms with van der Waals surface area (Å²) >= 11 is 0. The second-order valence-electron chi connectivity index (χ2n) is 4.92. The molecule has 0 amide bonds. The van der Waals surface area contributed by atoms with E-state index in [4.69, 9.17) is 4.74 Å². The Morgan fingerprint density at radius 3 is 2.76 bits per heavy atom. The highest BCUT2D eigenvalue weighted by atomic mass is 16.5. The number of ether oxygens (including phenoxy) is 1. The predicted molar refractivity (Wildman–Crippen MR) is 83.7 cm³/mol. The van der Waals surface area contributed by atoms with Crippen molar-refractivity contribution in [3.8, 4) is 5.75 Å². The third-order valence-electron chi connectivity index (χ3n) is 3.46. The topological polar surface area (TPSA) is 52.0 Å². The Labute approximate surface area is 123 Å². The van der Waals surface area contributed by atoms with Crippen LogP contribution in [0.5, 0.6) is 5.75 Å². The van der Waals surface area contributed by atoms with E-state index >= 15 is 0 Å². The van der Waals surface area contributed by atoms with Gasteiger partial charge in [0.1, 0.15) is 11.4 Å². The van der Waals surface area contributed by atoms with Gasteiger partial charge in [-0.2, -0.15) is 4.98 Å². The first-order valence-corrected chi connectivity index (χ1v) is 6.91. The SMILES string of the molecule is COc1ccc(CCNc2ncc3ccn(C)c3n2)cc1. The molecule has 0 aliphatic heterocycles. The number of benzene rings is 1. The van der Waals surface area contributed by atoms with E-state index in [9.17, 15) is 0 Å². The van der Waals surface area contributed by atoms with Crippen molar-refractivity contribution in [1.82, 2.24) is 14.5 Å². The van der Waals surface area contributed by atoms with Crippen LogP contribution in [0.2, 0.25) is 0 Å². The van der Waals surface area contributed by atoms with E-state index < -0.39 is 0 Å². The van der Waals surface area contributed by atoms with E-state index in [0.717, 1.165) is 29.7 Å². The average molecular weight is 282 g/mol. The average Bonchev–Trinajstić information content (AvgIpc) is 2.89. The van der Waals surface area contributed by atoms with Gasteiger partial charge in [-0.05, 0) is 30.2 Å². The first kappa shape index (κ1) is 13.4. The maximum Gasteiger partial charge on any atom is 0.224 e. The molecule has 21 heavy (non-hydrogen) atoms. The van der Waals surface area contributed by atoms with Gasteiger partial charge in [-0.25, -0.2) is 4.98 Å². The summed E-state index contributed by atoms with van der Waals surface area (Å²) in [7, 11) is 3.66. The highest BCUT2D eigenvalue weighted by molar-refractivity contribution is 5.76. The van der Waals surface area contributed by atoms with Gasteiger partial charge in [0.25, 0.3) is 0 Å². The Kier molecular flexibility index (Phi) is 3.73. The first-order valence-electron chi connectivity index (χ1n) is 6.91. The van der Waals surface area contributed by atoms with Gasteiger partial charge in [0.15, 0.2) is 0 Å². The fraction of sp³-hybridized carbons (Fsp3) is 0.250. The van der Waals surface area contributed by atoms with E-state index in [1.165, 1.54) is 5.56 Å². The molecule has 0 unspecified atom stereocenters. The van der Waals surface area contributed by atoms with E-state index in [0.29, 0.717) is 5.95 Å². The molecule has 0 aliphatic carbocycles. The molecule has 0 bridgehead atoms. The quantitative estimate of drug-likeness (QED) is 0.781. The normalized spacial score (nSPS) is 10.8. The molecule has 1 N–H and O–H groups in total. The number of fused-ring (bicyclic) bond motifs is 1. The molecule has 5 heteroatoms. The number of rotatable bonds is 5. The summed E-state index contributed by atoms with van der Waals surface area (Å²) in [5, 5.41) is 4.32. The lowest BCUT2D eigenvalue weighted by molar-refractivity contribution is 0.414. The largest absolute Gasteiger partial charge is 0.497 e. The fourth-order valence-electron chi connectivity index (χ4n) is 2.24. The number of hydrogen-bond donors (Lipinski definition) is 1. The summed E-state index contributed by atoms with van der Waals surface area (Å²) in [5.41, 5.74) is 2.19. The van der Waals surface area contributed by atoms with E-state index in [1.54, 1.807) is 7.11 Å². The molecule has 3 rings (SSSR count). The van der Waals surface area contributed by atoms with Crippen molar-refractivity contribution in [2.24, 2.45) is 7.05 Å². The van der Waals surface area contributed by atoms with Gasteiger partial charge < -0.3 is 14.6 Å². The van der Waals surface area contributed by atoms with Gasteiger partial charge in [0, 0.05) is 31.4 Å². The van der Waals surface area contributed by atoms with Crippen molar-refractivity contribution in [2.75, 3.05) is 19.0 Å². The highest BCUT2D eigenvalue weighted by Crippen LogP contribution is 2.14. The summed E-state index contributed by atoms with van der Waals surface area (Å²) in [6.45, 7) is 0.794. The van der Waals surface area contributed by atoms with E-state index in [2.05, 4.69) is 27.4 Å². The lowest BCUT2D eigenvalue weighted by atomic mass is 10.1. The lowest BCUT2D eigenvalue weighted by Crippen LogP contribution is -2.08. The third kappa shape index (κ3) is 2.97. The van der Waals surface area contributed by atoms with Crippen LogP contribution in [0, 0.1) is 0 Å². The number of aryl methyl sites for hydroxylation is 1. The second-order valence-corrected chi connectivity index (χ2v) is 4.92. The van der Waals surface area contributed by atoms with Gasteiger partial charge in [0.2, 0.25) is 5.95 Å². The summed E-state index contributed by atoms with van der Waals surface area (Å²) in [4.78, 5) is 8.84. The molecular formula is C16H18N4O.